The number of hydrogen-bond acceptors (Lipinski definition) is 2. The van der Waals surface area contributed by atoms with Crippen LogP contribution in [0.1, 0.15) is 39.1 Å². The van der Waals surface area contributed by atoms with Crippen molar-refractivity contribution in [2.24, 2.45) is 0 Å². The van der Waals surface area contributed by atoms with Crippen molar-refractivity contribution in [1.29, 1.82) is 0 Å². The van der Waals surface area contributed by atoms with Gasteiger partial charge in [-0.25, -0.2) is 0 Å². The molecular weight excluding hydrogens is 262 g/mol. The summed E-state index contributed by atoms with van der Waals surface area (Å²) in [6, 6.07) is 2.16. The van der Waals surface area contributed by atoms with Crippen LogP contribution >= 0.6 is 12.6 Å². The zero-order chi connectivity index (χ0) is 15.2. The first kappa shape index (κ1) is 15.1. The fourth-order valence-electron chi connectivity index (χ4n) is 2.60. The molecule has 1 aromatic carbocycles. The van der Waals surface area contributed by atoms with Gasteiger partial charge >= 0.3 is 0 Å². The van der Waals surface area contributed by atoms with E-state index in [0.29, 0.717) is 0 Å². The first-order valence-corrected chi connectivity index (χ1v) is 7.45. The number of aryl methyl sites for hydroxylation is 1. The molecule has 0 spiro atoms. The van der Waals surface area contributed by atoms with Crippen LogP contribution in [0, 0.1) is 48.5 Å². The molecule has 2 heteroatoms. The SMILES string of the molecule is Cc1nc(-c2cc(S)c(C)c(C)c2C)c(C)c(C)c1C. The minimum Gasteiger partial charge on any atom is -0.253 e. The van der Waals surface area contributed by atoms with Crippen molar-refractivity contribution in [2.75, 3.05) is 0 Å². The van der Waals surface area contributed by atoms with Crippen LogP contribution in [0.25, 0.3) is 11.3 Å². The van der Waals surface area contributed by atoms with Gasteiger partial charge in [-0.3, -0.25) is 4.98 Å². The minimum atomic E-state index is 1.04. The predicted molar refractivity (Wildman–Crippen MR) is 90.1 cm³/mol. The topological polar surface area (TPSA) is 12.9 Å². The van der Waals surface area contributed by atoms with E-state index in [-0.39, 0.29) is 0 Å². The minimum absolute atomic E-state index is 1.04. The van der Waals surface area contributed by atoms with Crippen LogP contribution in [0.2, 0.25) is 0 Å². The fourth-order valence-corrected chi connectivity index (χ4v) is 2.90. The largest absolute Gasteiger partial charge is 0.253 e. The molecule has 0 bridgehead atoms. The molecule has 1 aromatic heterocycles. The number of benzene rings is 1. The van der Waals surface area contributed by atoms with Gasteiger partial charge in [0.25, 0.3) is 0 Å². The Balaban J connectivity index is 2.83. The summed E-state index contributed by atoms with van der Waals surface area (Å²) in [5.41, 5.74) is 11.2. The Morgan fingerprint density at radius 1 is 0.700 bits per heavy atom. The molecule has 0 aliphatic carbocycles. The summed E-state index contributed by atoms with van der Waals surface area (Å²) in [7, 11) is 0. The van der Waals surface area contributed by atoms with Gasteiger partial charge in [0.2, 0.25) is 0 Å². The second-order valence-electron chi connectivity index (χ2n) is 5.74. The second-order valence-corrected chi connectivity index (χ2v) is 6.22. The first-order chi connectivity index (χ1) is 9.25. The van der Waals surface area contributed by atoms with E-state index in [0.717, 1.165) is 16.3 Å². The van der Waals surface area contributed by atoms with E-state index in [2.05, 4.69) is 67.2 Å². The molecule has 0 aliphatic heterocycles. The highest BCUT2D eigenvalue weighted by molar-refractivity contribution is 7.80. The summed E-state index contributed by atoms with van der Waals surface area (Å²) < 4.78 is 0. The zero-order valence-electron chi connectivity index (χ0n) is 13.5. The van der Waals surface area contributed by atoms with Crippen LogP contribution in [-0.4, -0.2) is 4.98 Å². The molecule has 0 saturated carbocycles. The quantitative estimate of drug-likeness (QED) is 0.711. The molecule has 106 valence electrons. The third-order valence-corrected chi connectivity index (χ3v) is 5.22. The molecule has 0 saturated heterocycles. The van der Waals surface area contributed by atoms with Crippen LogP contribution in [-0.2, 0) is 0 Å². The third-order valence-electron chi connectivity index (χ3n) is 4.75. The lowest BCUT2D eigenvalue weighted by Crippen LogP contribution is -2.02. The Morgan fingerprint density at radius 2 is 1.25 bits per heavy atom. The molecule has 0 unspecified atom stereocenters. The summed E-state index contributed by atoms with van der Waals surface area (Å²) in [6.07, 6.45) is 0. The lowest BCUT2D eigenvalue weighted by atomic mass is 9.92. The van der Waals surface area contributed by atoms with Crippen molar-refractivity contribution in [3.8, 4) is 11.3 Å². The Labute approximate surface area is 127 Å². The number of aromatic nitrogens is 1. The maximum atomic E-state index is 4.84. The second kappa shape index (κ2) is 5.25. The van der Waals surface area contributed by atoms with Crippen molar-refractivity contribution < 1.29 is 0 Å². The smallest absolute Gasteiger partial charge is 0.0740 e. The molecule has 0 N–H and O–H groups in total. The van der Waals surface area contributed by atoms with Crippen LogP contribution in [0.3, 0.4) is 0 Å². The number of pyridine rings is 1. The van der Waals surface area contributed by atoms with Crippen LogP contribution in [0.4, 0.5) is 0 Å². The molecule has 0 aliphatic rings. The standard InChI is InChI=1S/C18H23NS/c1-9-11(3)15(7)19-18(14(9)6)16-8-17(20)13(5)10(2)12(16)4/h8,20H,1-7H3. The molecule has 0 radical (unpaired) electrons. The van der Waals surface area contributed by atoms with Crippen molar-refractivity contribution in [3.63, 3.8) is 0 Å². The third kappa shape index (κ3) is 2.26. The van der Waals surface area contributed by atoms with Crippen LogP contribution in [0.15, 0.2) is 11.0 Å². The van der Waals surface area contributed by atoms with Gasteiger partial charge < -0.3 is 0 Å². The van der Waals surface area contributed by atoms with E-state index < -0.39 is 0 Å². The summed E-state index contributed by atoms with van der Waals surface area (Å²) in [5, 5.41) is 0. The molecular formula is C18H23NS. The predicted octanol–water partition coefficient (Wildman–Crippen LogP) is 5.20. The van der Waals surface area contributed by atoms with Crippen LogP contribution < -0.4 is 0 Å². The molecule has 0 amide bonds. The molecule has 2 rings (SSSR count). The van der Waals surface area contributed by atoms with E-state index in [1.807, 2.05) is 0 Å². The van der Waals surface area contributed by atoms with Gasteiger partial charge in [0.15, 0.2) is 0 Å². The molecule has 2 aromatic rings. The van der Waals surface area contributed by atoms with Gasteiger partial charge in [0.05, 0.1) is 5.69 Å². The van der Waals surface area contributed by atoms with E-state index >= 15 is 0 Å². The molecule has 0 fully saturated rings. The highest BCUT2D eigenvalue weighted by Gasteiger charge is 2.15. The highest BCUT2D eigenvalue weighted by Crippen LogP contribution is 2.34. The van der Waals surface area contributed by atoms with Gasteiger partial charge in [-0.1, -0.05) is 0 Å². The van der Waals surface area contributed by atoms with E-state index in [4.69, 9.17) is 4.98 Å². The number of hydrogen-bond donors (Lipinski definition) is 1. The first-order valence-electron chi connectivity index (χ1n) is 7.00. The Hall–Kier alpha value is -1.28. The maximum Gasteiger partial charge on any atom is 0.0740 e. The van der Waals surface area contributed by atoms with Gasteiger partial charge in [-0.15, -0.1) is 12.6 Å². The molecule has 20 heavy (non-hydrogen) atoms. The normalized spacial score (nSPS) is 11.0. The van der Waals surface area contributed by atoms with Gasteiger partial charge in [0.1, 0.15) is 0 Å². The van der Waals surface area contributed by atoms with Gasteiger partial charge in [-0.2, -0.15) is 0 Å². The molecule has 0 atom stereocenters. The highest BCUT2D eigenvalue weighted by atomic mass is 32.1. The lowest BCUT2D eigenvalue weighted by Gasteiger charge is -2.18. The monoisotopic (exact) mass is 285 g/mol. The molecule has 1 heterocycles. The van der Waals surface area contributed by atoms with E-state index in [1.165, 1.54) is 38.9 Å². The summed E-state index contributed by atoms with van der Waals surface area (Å²) >= 11 is 4.61. The number of thiol groups is 1. The van der Waals surface area contributed by atoms with Crippen molar-refractivity contribution >= 4 is 12.6 Å². The summed E-state index contributed by atoms with van der Waals surface area (Å²) in [6.45, 7) is 15.0. The fraction of sp³-hybridized carbons (Fsp3) is 0.389. The van der Waals surface area contributed by atoms with Crippen LogP contribution in [0.5, 0.6) is 0 Å². The zero-order valence-corrected chi connectivity index (χ0v) is 14.4. The Bertz CT molecular complexity index is 638. The Kier molecular flexibility index (Phi) is 3.97. The molecule has 1 nitrogen and oxygen atoms in total. The van der Waals surface area contributed by atoms with Crippen molar-refractivity contribution in [2.45, 2.75) is 53.4 Å². The lowest BCUT2D eigenvalue weighted by molar-refractivity contribution is 1.08. The average Bonchev–Trinajstić information content (AvgIpc) is 2.42. The van der Waals surface area contributed by atoms with E-state index in [1.54, 1.807) is 0 Å². The summed E-state index contributed by atoms with van der Waals surface area (Å²) in [5.74, 6) is 0. The average molecular weight is 285 g/mol. The van der Waals surface area contributed by atoms with Crippen molar-refractivity contribution in [3.05, 3.63) is 45.1 Å². The number of rotatable bonds is 1. The number of nitrogens with zero attached hydrogens (tertiary/aromatic N) is 1. The Morgan fingerprint density at radius 3 is 1.85 bits per heavy atom. The maximum absolute atomic E-state index is 4.84. The summed E-state index contributed by atoms with van der Waals surface area (Å²) in [4.78, 5) is 5.88. The van der Waals surface area contributed by atoms with Gasteiger partial charge in [0, 0.05) is 16.2 Å². The van der Waals surface area contributed by atoms with E-state index in [9.17, 15) is 0 Å². The van der Waals surface area contributed by atoms with Gasteiger partial charge in [-0.05, 0) is 87.9 Å². The van der Waals surface area contributed by atoms with Crippen molar-refractivity contribution in [1.82, 2.24) is 4.98 Å².